The van der Waals surface area contributed by atoms with E-state index in [2.05, 4.69) is 18.8 Å². The van der Waals surface area contributed by atoms with Gasteiger partial charge in [0.05, 0.1) is 11.6 Å². The molecule has 0 spiro atoms. The number of carbonyl (C=O) groups is 2. The van der Waals surface area contributed by atoms with E-state index < -0.39 is 0 Å². The summed E-state index contributed by atoms with van der Waals surface area (Å²) >= 11 is 0. The molecule has 2 heterocycles. The molecule has 0 N–H and O–H groups in total. The number of halogens is 1. The van der Waals surface area contributed by atoms with Crippen LogP contribution in [0, 0.1) is 18.7 Å². The molecule has 148 valence electrons. The number of benzene rings is 1. The Kier molecular flexibility index (Phi) is 6.07. The van der Waals surface area contributed by atoms with Crippen molar-refractivity contribution in [3.8, 4) is 0 Å². The second kappa shape index (κ2) is 8.50. The summed E-state index contributed by atoms with van der Waals surface area (Å²) in [5.41, 5.74) is 2.14. The highest BCUT2D eigenvalue weighted by Crippen LogP contribution is 2.22. The number of aromatic nitrogens is 1. The number of amides is 2. The monoisotopic (exact) mass is 383 g/mol. The van der Waals surface area contributed by atoms with Crippen LogP contribution in [0.4, 0.5) is 4.39 Å². The predicted octanol–water partition coefficient (Wildman–Crippen LogP) is 3.43. The Balaban J connectivity index is 1.84. The van der Waals surface area contributed by atoms with Gasteiger partial charge in [-0.3, -0.25) is 14.6 Å². The van der Waals surface area contributed by atoms with E-state index in [-0.39, 0.29) is 36.0 Å². The highest BCUT2D eigenvalue weighted by atomic mass is 19.1. The van der Waals surface area contributed by atoms with Gasteiger partial charge in [-0.1, -0.05) is 26.0 Å². The smallest absolute Gasteiger partial charge is 0.255 e. The first-order chi connectivity index (χ1) is 13.4. The highest BCUT2D eigenvalue weighted by Gasteiger charge is 2.34. The minimum Gasteiger partial charge on any atom is -0.336 e. The van der Waals surface area contributed by atoms with Crippen molar-refractivity contribution in [2.24, 2.45) is 5.92 Å². The zero-order valence-corrected chi connectivity index (χ0v) is 16.6. The normalized spacial score (nSPS) is 17.8. The van der Waals surface area contributed by atoms with Crippen LogP contribution in [-0.2, 0) is 11.3 Å². The molecule has 0 bridgehead atoms. The fourth-order valence-corrected chi connectivity index (χ4v) is 3.60. The molecule has 0 unspecified atom stereocenters. The SMILES string of the molecule is Cc1ncccc1C(=O)N1CCC(=O)N(Cc2ccc(F)cc2)[C@H](C(C)C)C1. The number of hydrogen-bond donors (Lipinski definition) is 0. The molecular formula is C22H26FN3O2. The lowest BCUT2D eigenvalue weighted by atomic mass is 10.0. The topological polar surface area (TPSA) is 53.5 Å². The van der Waals surface area contributed by atoms with Crippen LogP contribution in [-0.4, -0.2) is 45.7 Å². The number of pyridine rings is 1. The molecule has 6 heteroatoms. The molecule has 0 radical (unpaired) electrons. The van der Waals surface area contributed by atoms with Gasteiger partial charge in [0, 0.05) is 37.9 Å². The van der Waals surface area contributed by atoms with Crippen molar-refractivity contribution >= 4 is 11.8 Å². The van der Waals surface area contributed by atoms with Gasteiger partial charge in [0.1, 0.15) is 5.82 Å². The summed E-state index contributed by atoms with van der Waals surface area (Å²) in [6.45, 7) is 7.19. The van der Waals surface area contributed by atoms with Crippen molar-refractivity contribution in [3.63, 3.8) is 0 Å². The van der Waals surface area contributed by atoms with Gasteiger partial charge < -0.3 is 9.80 Å². The molecule has 1 aliphatic heterocycles. The Morgan fingerprint density at radius 1 is 1.25 bits per heavy atom. The van der Waals surface area contributed by atoms with E-state index in [1.165, 1.54) is 12.1 Å². The molecule has 2 aromatic rings. The lowest BCUT2D eigenvalue weighted by Crippen LogP contribution is -2.47. The molecule has 3 rings (SSSR count). The van der Waals surface area contributed by atoms with Gasteiger partial charge in [-0.15, -0.1) is 0 Å². The second-order valence-corrected chi connectivity index (χ2v) is 7.60. The molecule has 2 amide bonds. The molecule has 1 atom stereocenters. The van der Waals surface area contributed by atoms with Gasteiger partial charge in [-0.05, 0) is 42.7 Å². The predicted molar refractivity (Wildman–Crippen MR) is 105 cm³/mol. The molecule has 1 saturated heterocycles. The van der Waals surface area contributed by atoms with Crippen molar-refractivity contribution in [1.82, 2.24) is 14.8 Å². The van der Waals surface area contributed by atoms with Crippen LogP contribution < -0.4 is 0 Å². The third kappa shape index (κ3) is 4.38. The summed E-state index contributed by atoms with van der Waals surface area (Å²) in [7, 11) is 0. The molecule has 1 fully saturated rings. The molecular weight excluding hydrogens is 357 g/mol. The van der Waals surface area contributed by atoms with Gasteiger partial charge >= 0.3 is 0 Å². The van der Waals surface area contributed by atoms with Crippen LogP contribution in [0.15, 0.2) is 42.6 Å². The van der Waals surface area contributed by atoms with Crippen LogP contribution in [0.25, 0.3) is 0 Å². The fourth-order valence-electron chi connectivity index (χ4n) is 3.60. The van der Waals surface area contributed by atoms with Crippen molar-refractivity contribution in [1.29, 1.82) is 0 Å². The molecule has 1 aromatic heterocycles. The minimum atomic E-state index is -0.296. The third-order valence-corrected chi connectivity index (χ3v) is 5.28. The zero-order valence-electron chi connectivity index (χ0n) is 16.6. The van der Waals surface area contributed by atoms with Crippen molar-refractivity contribution in [2.45, 2.75) is 39.8 Å². The van der Waals surface area contributed by atoms with Crippen LogP contribution >= 0.6 is 0 Å². The van der Waals surface area contributed by atoms with Crippen LogP contribution in [0.3, 0.4) is 0 Å². The summed E-state index contributed by atoms with van der Waals surface area (Å²) in [5, 5.41) is 0. The van der Waals surface area contributed by atoms with E-state index in [0.717, 1.165) is 5.56 Å². The Labute approximate surface area is 165 Å². The summed E-state index contributed by atoms with van der Waals surface area (Å²) in [6, 6.07) is 9.63. The first-order valence-corrected chi connectivity index (χ1v) is 9.61. The average Bonchev–Trinajstić information content (AvgIpc) is 2.83. The number of rotatable bonds is 4. The summed E-state index contributed by atoms with van der Waals surface area (Å²) < 4.78 is 13.2. The van der Waals surface area contributed by atoms with Crippen molar-refractivity contribution < 1.29 is 14.0 Å². The first-order valence-electron chi connectivity index (χ1n) is 9.61. The average molecular weight is 383 g/mol. The van der Waals surface area contributed by atoms with E-state index in [0.29, 0.717) is 30.9 Å². The van der Waals surface area contributed by atoms with E-state index in [9.17, 15) is 14.0 Å². The van der Waals surface area contributed by atoms with E-state index in [1.54, 1.807) is 35.4 Å². The molecule has 5 nitrogen and oxygen atoms in total. The number of hydrogen-bond acceptors (Lipinski definition) is 3. The number of nitrogens with zero attached hydrogens (tertiary/aromatic N) is 3. The largest absolute Gasteiger partial charge is 0.336 e. The van der Waals surface area contributed by atoms with Crippen LogP contribution in [0.5, 0.6) is 0 Å². The standard InChI is InChI=1S/C22H26FN3O2/c1-15(2)20-14-25(22(28)19-5-4-11-24-16(19)3)12-10-21(27)26(20)13-17-6-8-18(23)9-7-17/h4-9,11,15,20H,10,12-14H2,1-3H3/t20-/m0/s1. The first kappa shape index (κ1) is 20.0. The van der Waals surface area contributed by atoms with Crippen molar-refractivity contribution in [2.75, 3.05) is 13.1 Å². The van der Waals surface area contributed by atoms with E-state index >= 15 is 0 Å². The fraction of sp³-hybridized carbons (Fsp3) is 0.409. The third-order valence-electron chi connectivity index (χ3n) is 5.28. The summed E-state index contributed by atoms with van der Waals surface area (Å²) in [4.78, 5) is 33.7. The molecule has 0 aliphatic carbocycles. The van der Waals surface area contributed by atoms with Crippen molar-refractivity contribution in [3.05, 3.63) is 65.2 Å². The summed E-state index contributed by atoms with van der Waals surface area (Å²) in [5.74, 6) is -0.198. The van der Waals surface area contributed by atoms with E-state index in [1.807, 2.05) is 11.8 Å². The quantitative estimate of drug-likeness (QED) is 0.813. The van der Waals surface area contributed by atoms with Gasteiger partial charge in [0.15, 0.2) is 0 Å². The summed E-state index contributed by atoms with van der Waals surface area (Å²) in [6.07, 6.45) is 1.94. The van der Waals surface area contributed by atoms with Crippen LogP contribution in [0.2, 0.25) is 0 Å². The van der Waals surface area contributed by atoms with Gasteiger partial charge in [0.2, 0.25) is 5.91 Å². The minimum absolute atomic E-state index is 0.0150. The Morgan fingerprint density at radius 3 is 2.61 bits per heavy atom. The lowest BCUT2D eigenvalue weighted by molar-refractivity contribution is -0.134. The maximum Gasteiger partial charge on any atom is 0.255 e. The molecule has 1 aliphatic rings. The number of carbonyl (C=O) groups excluding carboxylic acids is 2. The maximum atomic E-state index is 13.2. The molecule has 1 aromatic carbocycles. The Bertz CT molecular complexity index is 851. The molecule has 0 saturated carbocycles. The lowest BCUT2D eigenvalue weighted by Gasteiger charge is -2.35. The second-order valence-electron chi connectivity index (χ2n) is 7.60. The van der Waals surface area contributed by atoms with Gasteiger partial charge in [-0.25, -0.2) is 4.39 Å². The van der Waals surface area contributed by atoms with Gasteiger partial charge in [-0.2, -0.15) is 0 Å². The van der Waals surface area contributed by atoms with Crippen LogP contribution in [0.1, 0.15) is 41.9 Å². The highest BCUT2D eigenvalue weighted by molar-refractivity contribution is 5.95. The Hall–Kier alpha value is -2.76. The van der Waals surface area contributed by atoms with E-state index in [4.69, 9.17) is 0 Å². The number of aryl methyl sites for hydroxylation is 1. The zero-order chi connectivity index (χ0) is 20.3. The molecule has 28 heavy (non-hydrogen) atoms. The maximum absolute atomic E-state index is 13.2. The Morgan fingerprint density at radius 2 is 1.96 bits per heavy atom. The van der Waals surface area contributed by atoms with Gasteiger partial charge in [0.25, 0.3) is 5.91 Å².